The monoisotopic (exact) mass is 680 g/mol. The second-order valence-corrected chi connectivity index (χ2v) is 14.1. The standard InChI is InChI=1S/C36H44N10O4/c1-5-37-31(47)20-46-34(50)17-27(35(44-46)23-10-13-30(39-19-23)42-36(2,3)4)24-15-26(16-24)41-32(48)21-45-33(49)14-11-28(43-45)22-9-12-29(38-18-22)40-25-7-6-8-25/h9-14,17-19,24-26H,5-8,15-16,20-21H2,1-4H3,(H,37,47)(H,38,40)(H,39,42)(H,41,48). The van der Waals surface area contributed by atoms with Crippen molar-refractivity contribution in [1.82, 2.24) is 40.2 Å². The number of aromatic nitrogens is 6. The zero-order valence-corrected chi connectivity index (χ0v) is 28.9. The van der Waals surface area contributed by atoms with E-state index in [1.54, 1.807) is 18.5 Å². The van der Waals surface area contributed by atoms with Gasteiger partial charge in [-0.15, -0.1) is 0 Å². The van der Waals surface area contributed by atoms with Crippen LogP contribution in [0.25, 0.3) is 22.5 Å². The number of anilines is 2. The molecule has 0 radical (unpaired) electrons. The molecule has 2 fully saturated rings. The zero-order chi connectivity index (χ0) is 35.4. The lowest BCUT2D eigenvalue weighted by molar-refractivity contribution is -0.123. The van der Waals surface area contributed by atoms with Crippen LogP contribution >= 0.6 is 0 Å². The summed E-state index contributed by atoms with van der Waals surface area (Å²) in [7, 11) is 0. The number of hydrogen-bond acceptors (Lipinski definition) is 10. The first kappa shape index (κ1) is 34.5. The van der Waals surface area contributed by atoms with Crippen molar-refractivity contribution in [2.24, 2.45) is 0 Å². The van der Waals surface area contributed by atoms with Gasteiger partial charge in [-0.05, 0) is 102 Å². The van der Waals surface area contributed by atoms with E-state index in [0.717, 1.165) is 34.5 Å². The van der Waals surface area contributed by atoms with Crippen molar-refractivity contribution < 1.29 is 9.59 Å². The van der Waals surface area contributed by atoms with E-state index in [4.69, 9.17) is 0 Å². The molecule has 0 aromatic carbocycles. The summed E-state index contributed by atoms with van der Waals surface area (Å²) in [5, 5.41) is 21.5. The molecule has 0 aliphatic heterocycles. The van der Waals surface area contributed by atoms with Gasteiger partial charge < -0.3 is 21.3 Å². The molecule has 0 saturated heterocycles. The second kappa shape index (κ2) is 14.6. The smallest absolute Gasteiger partial charge is 0.267 e. The van der Waals surface area contributed by atoms with E-state index in [9.17, 15) is 19.2 Å². The summed E-state index contributed by atoms with van der Waals surface area (Å²) < 4.78 is 2.32. The van der Waals surface area contributed by atoms with E-state index in [1.807, 2.05) is 52.0 Å². The highest BCUT2D eigenvalue weighted by atomic mass is 16.2. The first-order valence-corrected chi connectivity index (χ1v) is 17.2. The van der Waals surface area contributed by atoms with Gasteiger partial charge in [0.05, 0.1) is 11.4 Å². The van der Waals surface area contributed by atoms with Gasteiger partial charge in [-0.1, -0.05) is 0 Å². The third kappa shape index (κ3) is 8.41. The van der Waals surface area contributed by atoms with E-state index in [0.29, 0.717) is 48.2 Å². The predicted molar refractivity (Wildman–Crippen MR) is 191 cm³/mol. The molecule has 2 aliphatic carbocycles. The fraction of sp³-hybridized carbons (Fsp3) is 0.444. The lowest BCUT2D eigenvalue weighted by Gasteiger charge is -2.36. The third-order valence-corrected chi connectivity index (χ3v) is 8.85. The molecular weight excluding hydrogens is 636 g/mol. The van der Waals surface area contributed by atoms with Gasteiger partial charge in [0.1, 0.15) is 24.7 Å². The second-order valence-electron chi connectivity index (χ2n) is 14.1. The van der Waals surface area contributed by atoms with Crippen molar-refractivity contribution in [3.8, 4) is 22.5 Å². The van der Waals surface area contributed by atoms with Crippen LogP contribution in [0.1, 0.15) is 71.3 Å². The Morgan fingerprint density at radius 1 is 0.820 bits per heavy atom. The Labute approximate surface area is 290 Å². The first-order valence-electron chi connectivity index (χ1n) is 17.2. The summed E-state index contributed by atoms with van der Waals surface area (Å²) in [6.07, 6.45) is 8.09. The van der Waals surface area contributed by atoms with Crippen LogP contribution < -0.4 is 32.4 Å². The molecular formula is C36H44N10O4. The minimum atomic E-state index is -0.383. The van der Waals surface area contributed by atoms with Crippen LogP contribution in [0.5, 0.6) is 0 Å². The number of nitrogens with zero attached hydrogens (tertiary/aromatic N) is 6. The number of carbonyl (C=O) groups excluding carboxylic acids is 2. The van der Waals surface area contributed by atoms with Gasteiger partial charge >= 0.3 is 0 Å². The summed E-state index contributed by atoms with van der Waals surface area (Å²) in [6, 6.07) is 12.4. The Morgan fingerprint density at radius 3 is 2.14 bits per heavy atom. The molecule has 2 amide bonds. The van der Waals surface area contributed by atoms with E-state index >= 15 is 0 Å². The van der Waals surface area contributed by atoms with Crippen molar-refractivity contribution in [1.29, 1.82) is 0 Å². The molecule has 0 atom stereocenters. The normalized spacial score (nSPS) is 17.3. The van der Waals surface area contributed by atoms with Gasteiger partial charge in [-0.25, -0.2) is 19.3 Å². The lowest BCUT2D eigenvalue weighted by atomic mass is 9.75. The first-order chi connectivity index (χ1) is 23.9. The Kier molecular flexibility index (Phi) is 10.1. The SMILES string of the molecule is CCNC(=O)Cn1nc(-c2ccc(NC(C)(C)C)nc2)c(C2CC(NC(=O)Cn3nc(-c4ccc(NC5CCC5)nc4)ccc3=O)C2)cc1=O. The molecule has 0 bridgehead atoms. The zero-order valence-electron chi connectivity index (χ0n) is 28.9. The number of rotatable bonds is 12. The number of likely N-dealkylation sites (N-methyl/N-ethyl adjacent to an activating group) is 1. The quantitative estimate of drug-likeness (QED) is 0.174. The highest BCUT2D eigenvalue weighted by Gasteiger charge is 2.34. The summed E-state index contributed by atoms with van der Waals surface area (Å²) in [5.74, 6) is 0.812. The van der Waals surface area contributed by atoms with Crippen LogP contribution in [0, 0.1) is 0 Å². The van der Waals surface area contributed by atoms with Crippen molar-refractivity contribution in [2.75, 3.05) is 17.2 Å². The number of hydrogen-bond donors (Lipinski definition) is 4. The van der Waals surface area contributed by atoms with E-state index in [1.165, 1.54) is 23.2 Å². The Balaban J connectivity index is 1.13. The Bertz CT molecular complexity index is 1960. The summed E-state index contributed by atoms with van der Waals surface area (Å²) in [6.45, 7) is 7.96. The van der Waals surface area contributed by atoms with Crippen molar-refractivity contribution in [3.63, 3.8) is 0 Å². The van der Waals surface area contributed by atoms with Crippen LogP contribution in [0.3, 0.4) is 0 Å². The van der Waals surface area contributed by atoms with Crippen molar-refractivity contribution >= 4 is 23.5 Å². The molecule has 14 heteroatoms. The molecule has 0 unspecified atom stereocenters. The maximum atomic E-state index is 13.1. The Hall–Kier alpha value is -5.40. The van der Waals surface area contributed by atoms with Gasteiger partial charge in [0.15, 0.2) is 0 Å². The van der Waals surface area contributed by atoms with Gasteiger partial charge in [-0.3, -0.25) is 19.2 Å². The van der Waals surface area contributed by atoms with Crippen molar-refractivity contribution in [3.05, 3.63) is 81.1 Å². The van der Waals surface area contributed by atoms with Gasteiger partial charge in [0.25, 0.3) is 11.1 Å². The average molecular weight is 681 g/mol. The predicted octanol–water partition coefficient (Wildman–Crippen LogP) is 3.30. The average Bonchev–Trinajstić information content (AvgIpc) is 3.03. The molecule has 2 saturated carbocycles. The van der Waals surface area contributed by atoms with Gasteiger partial charge in [0.2, 0.25) is 11.8 Å². The Morgan fingerprint density at radius 2 is 1.50 bits per heavy atom. The van der Waals surface area contributed by atoms with Gasteiger partial charge in [0, 0.05) is 59.8 Å². The van der Waals surface area contributed by atoms with E-state index < -0.39 is 0 Å². The molecule has 4 heterocycles. The molecule has 14 nitrogen and oxygen atoms in total. The van der Waals surface area contributed by atoms with Crippen LogP contribution in [0.4, 0.5) is 11.6 Å². The fourth-order valence-corrected chi connectivity index (χ4v) is 6.04. The highest BCUT2D eigenvalue weighted by molar-refractivity contribution is 5.76. The molecule has 4 aromatic rings. The third-order valence-electron chi connectivity index (χ3n) is 8.85. The molecule has 6 rings (SSSR count). The maximum absolute atomic E-state index is 13.1. The summed E-state index contributed by atoms with van der Waals surface area (Å²) >= 11 is 0. The number of nitrogens with one attached hydrogen (secondary N) is 4. The maximum Gasteiger partial charge on any atom is 0.267 e. The molecule has 4 aromatic heterocycles. The van der Waals surface area contributed by atoms with Crippen LogP contribution in [-0.2, 0) is 22.7 Å². The largest absolute Gasteiger partial charge is 0.367 e. The summed E-state index contributed by atoms with van der Waals surface area (Å²) in [4.78, 5) is 60.1. The minimum absolute atomic E-state index is 0.0552. The van der Waals surface area contributed by atoms with Crippen LogP contribution in [0.15, 0.2) is 64.4 Å². The minimum Gasteiger partial charge on any atom is -0.367 e. The molecule has 2 aliphatic rings. The molecule has 0 spiro atoms. The molecule has 4 N–H and O–H groups in total. The van der Waals surface area contributed by atoms with E-state index in [-0.39, 0.29) is 53.5 Å². The van der Waals surface area contributed by atoms with Crippen molar-refractivity contribution in [2.45, 2.75) is 96.4 Å². The fourth-order valence-electron chi connectivity index (χ4n) is 6.04. The topological polar surface area (TPSA) is 178 Å². The molecule has 50 heavy (non-hydrogen) atoms. The lowest BCUT2D eigenvalue weighted by Crippen LogP contribution is -2.46. The van der Waals surface area contributed by atoms with E-state index in [2.05, 4.69) is 41.4 Å². The number of amides is 2. The highest BCUT2D eigenvalue weighted by Crippen LogP contribution is 2.40. The number of carbonyl (C=O) groups is 2. The van der Waals surface area contributed by atoms with Gasteiger partial charge in [-0.2, -0.15) is 10.2 Å². The number of pyridine rings is 2. The van der Waals surface area contributed by atoms with Crippen LogP contribution in [-0.4, -0.2) is 65.5 Å². The summed E-state index contributed by atoms with van der Waals surface area (Å²) in [5.41, 5.74) is 2.36. The van der Waals surface area contributed by atoms with Crippen LogP contribution in [0.2, 0.25) is 0 Å². The molecule has 262 valence electrons.